The molecule has 738 valence electrons. The minimum atomic E-state index is -4.30. The van der Waals surface area contributed by atoms with Gasteiger partial charge in [0.2, 0.25) is 17.8 Å². The fourth-order valence-corrected chi connectivity index (χ4v) is 26.8. The van der Waals surface area contributed by atoms with E-state index in [4.69, 9.17) is 202 Å². The number of halogens is 3. The summed E-state index contributed by atoms with van der Waals surface area (Å²) in [6.07, 6.45) is -15.7. The number of aromatic amines is 3. The molecule has 12 aromatic rings. The second kappa shape index (κ2) is 34.8. The summed E-state index contributed by atoms with van der Waals surface area (Å²) in [7, 11) is 0. The van der Waals surface area contributed by atoms with Gasteiger partial charge in [0.15, 0.2) is 106 Å². The zero-order valence-electron chi connectivity index (χ0n) is 69.2. The smallest absolute Gasteiger partial charge is 0.325 e. The molecule has 57 nitrogen and oxygen atoms in total. The normalized spacial score (nSPS) is 39.7. The molecule has 30 atom stereocenters. The van der Waals surface area contributed by atoms with Gasteiger partial charge in [-0.3, -0.25) is 79.3 Å². The fourth-order valence-electron chi connectivity index (χ4n) is 18.1. The Morgan fingerprint density at radius 2 is 0.688 bits per heavy atom. The molecule has 72 heteroatoms. The van der Waals surface area contributed by atoms with Gasteiger partial charge in [0.05, 0.1) is 96.8 Å². The van der Waals surface area contributed by atoms with Gasteiger partial charge in [-0.05, 0) is 89.0 Å². The van der Waals surface area contributed by atoms with Gasteiger partial charge in [-0.1, -0.05) is 0 Å². The summed E-state index contributed by atoms with van der Waals surface area (Å²) in [5.41, 5.74) is 31.2. The second-order valence-electron chi connectivity index (χ2n) is 32.9. The SMILES string of the molecule is Nc1nc2c(ncn2[C@@H]2O[C@@H]3COP(O)(=S)O[C@H]4[C@H]5OC[C@]4(COP(O)(=S)O[C@@H]2[C@H]3F)O[C@H]5n2ccc3c(N)ccnc32)c(=O)[nH]1.Nc1nc2c(ncn2[C@@H]2O[C@@H]3COP(O)(=S)O[C@H]4[C@H]5OC[C@]4(COP(O)(=S)O[C@@H]2[C@H]3F)O[C@H]5n2cnc3c(N)ccnc32)c(=O)[nH]1.Nc1nc2c(ncn2[C@@H]2O[C@@H]3COP(O)(=S)O[C@H]4[C@H]5OC[C@]4(COP(O)(=S)O[C@@H]2[C@H]3F)O[C@H]5n2cnc3c(N)ncnc32)c(=O)[nH]1. The predicted molar refractivity (Wildman–Crippen MR) is 482 cm³/mol. The number of nitrogens with two attached hydrogens (primary N) is 6. The van der Waals surface area contributed by atoms with Crippen LogP contribution in [-0.2, 0) is 168 Å². The summed E-state index contributed by atoms with van der Waals surface area (Å²) < 4.78 is 180. The average molecular weight is 2160 g/mol. The number of alkyl halides is 3. The molecule has 12 saturated heterocycles. The topological polar surface area (TPSA) is 754 Å². The number of rotatable bonds is 6. The molecule has 0 saturated carbocycles. The molecule has 0 aromatic carbocycles. The highest BCUT2D eigenvalue weighted by atomic mass is 32.5. The lowest BCUT2D eigenvalue weighted by Crippen LogP contribution is -2.45. The summed E-state index contributed by atoms with van der Waals surface area (Å²) in [5, 5.41) is 0.674. The van der Waals surface area contributed by atoms with Crippen molar-refractivity contribution in [1.29, 1.82) is 0 Å². The minimum Gasteiger partial charge on any atom is -0.398 e. The molecule has 12 aliphatic heterocycles. The zero-order valence-corrected chi connectivity index (χ0v) is 79.4. The molecular formula is C66H72F3N27O30P6S6. The van der Waals surface area contributed by atoms with Crippen LogP contribution in [0.25, 0.3) is 66.9 Å². The first kappa shape index (κ1) is 95.2. The van der Waals surface area contributed by atoms with E-state index in [0.717, 1.165) is 6.33 Å². The van der Waals surface area contributed by atoms with E-state index in [-0.39, 0.29) is 77.0 Å². The molecular weight excluding hydrogens is 2090 g/mol. The lowest BCUT2D eigenvalue weighted by molar-refractivity contribution is -0.183. The third kappa shape index (κ3) is 16.8. The molecule has 0 aliphatic carbocycles. The first-order valence-corrected chi connectivity index (χ1v) is 56.2. The lowest BCUT2D eigenvalue weighted by atomic mass is 10.0. The van der Waals surface area contributed by atoms with Crippen molar-refractivity contribution >= 4 is 213 Å². The van der Waals surface area contributed by atoms with Crippen LogP contribution in [0.15, 0.2) is 89.1 Å². The molecule has 12 aromatic heterocycles. The highest BCUT2D eigenvalue weighted by Gasteiger charge is 2.70. The third-order valence-corrected chi connectivity index (χ3v) is 33.6. The molecule has 21 N–H and O–H groups in total. The van der Waals surface area contributed by atoms with Crippen LogP contribution in [-0.4, -0.2) is 300 Å². The Labute approximate surface area is 795 Å². The zero-order chi connectivity index (χ0) is 96.5. The molecule has 24 rings (SSSR count). The average Bonchev–Trinajstić information content (AvgIpc) is 1.56. The van der Waals surface area contributed by atoms with Crippen LogP contribution in [0.1, 0.15) is 37.4 Å². The summed E-state index contributed by atoms with van der Waals surface area (Å²) in [6.45, 7) is -28.9. The Morgan fingerprint density at radius 3 is 1.07 bits per heavy atom. The molecule has 12 bridgehead atoms. The predicted octanol–water partition coefficient (Wildman–Crippen LogP) is -0.355. The van der Waals surface area contributed by atoms with Crippen molar-refractivity contribution in [3.63, 3.8) is 0 Å². The molecule has 12 fully saturated rings. The molecule has 24 heterocycles. The number of hydrogen-bond donors (Lipinski definition) is 15. The number of pyridine rings is 2. The Bertz CT molecular complexity index is 6780. The monoisotopic (exact) mass is 2160 g/mol. The summed E-state index contributed by atoms with van der Waals surface area (Å²) in [5.74, 6) is -0.551. The largest absolute Gasteiger partial charge is 0.398 e. The van der Waals surface area contributed by atoms with Gasteiger partial charge in [-0.25, -0.2) is 58.0 Å². The van der Waals surface area contributed by atoms with Crippen LogP contribution in [0.5, 0.6) is 0 Å². The number of H-pyrrole nitrogens is 3. The van der Waals surface area contributed by atoms with Crippen molar-refractivity contribution in [1.82, 2.24) is 102 Å². The molecule has 138 heavy (non-hydrogen) atoms. The van der Waals surface area contributed by atoms with Crippen molar-refractivity contribution in [2.24, 2.45) is 0 Å². The van der Waals surface area contributed by atoms with Gasteiger partial charge < -0.3 is 138 Å². The van der Waals surface area contributed by atoms with Crippen LogP contribution >= 0.6 is 40.3 Å². The van der Waals surface area contributed by atoms with Crippen LogP contribution in [0.2, 0.25) is 0 Å². The summed E-state index contributed by atoms with van der Waals surface area (Å²) in [4.78, 5) is 161. The Hall–Kier alpha value is -7.68. The number of nitrogens with one attached hydrogen (secondary N) is 3. The van der Waals surface area contributed by atoms with E-state index >= 15 is 13.2 Å². The van der Waals surface area contributed by atoms with Crippen molar-refractivity contribution in [2.45, 2.75) is 146 Å². The Balaban J connectivity index is 0.000000119. The minimum absolute atomic E-state index is 0.0486. The van der Waals surface area contributed by atoms with Gasteiger partial charge >= 0.3 is 40.3 Å². The maximum Gasteiger partial charge on any atom is 0.325 e. The van der Waals surface area contributed by atoms with Gasteiger partial charge in [0.1, 0.15) is 113 Å². The van der Waals surface area contributed by atoms with E-state index in [1.807, 2.05) is 0 Å². The highest BCUT2D eigenvalue weighted by molar-refractivity contribution is 8.08. The van der Waals surface area contributed by atoms with E-state index in [0.29, 0.717) is 44.7 Å². The Morgan fingerprint density at radius 1 is 0.362 bits per heavy atom. The van der Waals surface area contributed by atoms with E-state index in [1.54, 1.807) is 44.3 Å². The number of aromatic nitrogens is 21. The van der Waals surface area contributed by atoms with Crippen molar-refractivity contribution in [3.8, 4) is 0 Å². The summed E-state index contributed by atoms with van der Waals surface area (Å²) in [6, 6.07) is 5.02. The molecule has 0 spiro atoms. The van der Waals surface area contributed by atoms with Crippen LogP contribution in [0, 0.1) is 0 Å². The van der Waals surface area contributed by atoms with E-state index < -0.39 is 243 Å². The first-order valence-electron chi connectivity index (χ1n) is 40.6. The molecule has 12 aliphatic rings. The number of anilines is 6. The number of nitrogen functional groups attached to an aromatic ring is 6. The number of imidazole rings is 5. The maximum atomic E-state index is 16.0. The standard InChI is InChI=1S/C23H25FN8O10P2S2.C22H24FN9O10P2S2.C21H23FN10O10P2S2/c24-12-11-5-37-43(34,45)42-16-15-21(31-4-2-9-10(25)1-3-27-17(9)31)40-23(16,6-36-15)7-38-44(35,46)41-14(12)20(39-11)32-8-28-13-18(32)29-22(26)30-19(13)33;23-10-9-3-37-43(34,45)42-15-14-20(31-6-27-11-8(24)1-2-26-16(11)31)40-22(15,4-36-14)5-38-44(35,46)41-13(10)19(39-9)32-7-28-12-17(32)29-21(25)30-18(12)33;22-8-7-1-37-43(34,45)42-13-12-19(31-5-27-9-14(23)25-4-26-15(9)31)40-21(13,2-36-12)3-38-44(35,46)41-11(8)18(39-7)32-6-28-10-16(32)29-20(24)30-17(10)33/h1-4,8,11-12,14-16,20-21H,5-7H2,(H2,25,27)(H,34,45)(H,35,46)(H3,26,29,30,33);1-2,6-7,9-10,13-15,19-20H,3-5H2,(H2,24,26)(H,34,45)(H,35,46)(H3,25,29,30,33);4-8,11-13,18-19H,1-3H2,(H,34,45)(H,35,46)(H2,23,25,26)(H3,24,29,30,33)/t11-,12+,14-,15-,16+,20-,21-,23-,43?,44?;9-,10+,13-,14-,15+,19-,20-,22-,43?,44?;7-,8+,11-,12-,13+,18-,19-,21-,43?,44?/m111/s1. The highest BCUT2D eigenvalue weighted by Crippen LogP contribution is 2.64. The van der Waals surface area contributed by atoms with E-state index in [9.17, 15) is 43.7 Å². The number of fused-ring (bicyclic) bond motifs is 12. The van der Waals surface area contributed by atoms with Gasteiger partial charge in [0, 0.05) is 29.7 Å². The van der Waals surface area contributed by atoms with Crippen molar-refractivity contribution < 1.29 is 139 Å². The molecule has 0 radical (unpaired) electrons. The second-order valence-corrected chi connectivity index (χ2v) is 49.6. The van der Waals surface area contributed by atoms with Gasteiger partial charge in [-0.2, -0.15) is 15.0 Å². The van der Waals surface area contributed by atoms with Crippen molar-refractivity contribution in [3.05, 3.63) is 106 Å². The number of hydrogen-bond acceptors (Lipinski definition) is 48. The van der Waals surface area contributed by atoms with Crippen LogP contribution in [0.4, 0.5) is 48.2 Å². The summed E-state index contributed by atoms with van der Waals surface area (Å²) >= 11 is 31.9. The first-order chi connectivity index (χ1) is 65.5. The van der Waals surface area contributed by atoms with Crippen LogP contribution < -0.4 is 51.1 Å². The number of nitrogens with zero attached hydrogens (tertiary/aromatic N) is 18. The van der Waals surface area contributed by atoms with Gasteiger partial charge in [0.25, 0.3) is 16.7 Å². The van der Waals surface area contributed by atoms with Crippen molar-refractivity contribution in [2.75, 3.05) is 93.9 Å². The van der Waals surface area contributed by atoms with Gasteiger partial charge in [-0.15, -0.1) is 0 Å². The quantitative estimate of drug-likeness (QED) is 0.0946. The fraction of sp³-hybridized carbons (Fsp3) is 0.500. The maximum absolute atomic E-state index is 16.0. The third-order valence-electron chi connectivity index (χ3n) is 24.4. The number of ether oxygens (including phenoxy) is 9. The lowest BCUT2D eigenvalue weighted by Gasteiger charge is -2.33. The van der Waals surface area contributed by atoms with Crippen LogP contribution in [0.3, 0.4) is 0 Å². The van der Waals surface area contributed by atoms with E-state index in [2.05, 4.69) is 74.8 Å². The molecule has 0 amide bonds. The van der Waals surface area contributed by atoms with E-state index in [1.165, 1.54) is 51.5 Å². The Kier molecular flexibility index (Phi) is 24.0. The molecule has 6 unspecified atom stereocenters.